The first-order chi connectivity index (χ1) is 8.31. The monoisotopic (exact) mass is 231 g/mol. The molecule has 0 aromatic heterocycles. The molecule has 1 heteroatoms. The zero-order valence-electron chi connectivity index (χ0n) is 11.0. The normalized spacial score (nSPS) is 19.9. The van der Waals surface area contributed by atoms with Crippen LogP contribution in [0.2, 0.25) is 0 Å². The van der Waals surface area contributed by atoms with E-state index in [-0.39, 0.29) is 0 Å². The van der Waals surface area contributed by atoms with Crippen LogP contribution in [0.15, 0.2) is 24.3 Å². The summed E-state index contributed by atoms with van der Waals surface area (Å²) in [6.45, 7) is 2.97. The lowest BCUT2D eigenvalue weighted by Crippen LogP contribution is -2.21. The van der Waals surface area contributed by atoms with Gasteiger partial charge in [0.05, 0.1) is 0 Å². The van der Waals surface area contributed by atoms with Crippen LogP contribution in [0, 0.1) is 12.8 Å². The van der Waals surface area contributed by atoms with E-state index < -0.39 is 0 Å². The maximum Gasteiger partial charge on any atom is -0.000556 e. The van der Waals surface area contributed by atoms with Gasteiger partial charge in [-0.3, -0.25) is 0 Å². The molecule has 1 aliphatic rings. The van der Waals surface area contributed by atoms with E-state index in [9.17, 15) is 0 Å². The Bertz CT molecular complexity index is 337. The van der Waals surface area contributed by atoms with E-state index in [0.717, 1.165) is 12.5 Å². The first kappa shape index (κ1) is 12.6. The SMILES string of the molecule is Cc1cccc(C(CN)C2CCCCCC2)c1. The molecule has 1 atom stereocenters. The highest BCUT2D eigenvalue weighted by atomic mass is 14.6. The van der Waals surface area contributed by atoms with Crippen LogP contribution >= 0.6 is 0 Å². The van der Waals surface area contributed by atoms with Crippen molar-refractivity contribution in [3.63, 3.8) is 0 Å². The van der Waals surface area contributed by atoms with Gasteiger partial charge in [-0.15, -0.1) is 0 Å². The molecular weight excluding hydrogens is 206 g/mol. The van der Waals surface area contributed by atoms with E-state index in [1.165, 1.54) is 49.7 Å². The number of hydrogen-bond donors (Lipinski definition) is 1. The van der Waals surface area contributed by atoms with Gasteiger partial charge in [-0.25, -0.2) is 0 Å². The van der Waals surface area contributed by atoms with Crippen LogP contribution in [0.3, 0.4) is 0 Å². The van der Waals surface area contributed by atoms with E-state index >= 15 is 0 Å². The molecule has 0 saturated heterocycles. The first-order valence-corrected chi connectivity index (χ1v) is 7.08. The van der Waals surface area contributed by atoms with Crippen molar-refractivity contribution >= 4 is 0 Å². The Morgan fingerprint density at radius 3 is 2.47 bits per heavy atom. The highest BCUT2D eigenvalue weighted by molar-refractivity contribution is 5.26. The Morgan fingerprint density at radius 1 is 1.18 bits per heavy atom. The van der Waals surface area contributed by atoms with Gasteiger partial charge in [0.1, 0.15) is 0 Å². The van der Waals surface area contributed by atoms with Crippen LogP contribution < -0.4 is 5.73 Å². The smallest absolute Gasteiger partial charge is 0.000556 e. The predicted molar refractivity (Wildman–Crippen MR) is 74.2 cm³/mol. The van der Waals surface area contributed by atoms with Gasteiger partial charge < -0.3 is 5.73 Å². The minimum atomic E-state index is 0.577. The third-order valence-electron chi connectivity index (χ3n) is 4.19. The van der Waals surface area contributed by atoms with Gasteiger partial charge in [-0.05, 0) is 43.7 Å². The molecule has 1 aliphatic carbocycles. The van der Waals surface area contributed by atoms with Crippen LogP contribution in [-0.2, 0) is 0 Å². The van der Waals surface area contributed by atoms with E-state index in [4.69, 9.17) is 5.73 Å². The minimum absolute atomic E-state index is 0.577. The summed E-state index contributed by atoms with van der Waals surface area (Å²) in [5.41, 5.74) is 8.85. The summed E-state index contributed by atoms with van der Waals surface area (Å²) in [5, 5.41) is 0. The summed E-state index contributed by atoms with van der Waals surface area (Å²) in [7, 11) is 0. The second-order valence-corrected chi connectivity index (χ2v) is 5.51. The summed E-state index contributed by atoms with van der Waals surface area (Å²) in [5.74, 6) is 1.39. The Balaban J connectivity index is 2.14. The molecule has 1 aromatic carbocycles. The Kier molecular flexibility index (Phi) is 4.61. The molecule has 1 saturated carbocycles. The van der Waals surface area contributed by atoms with Crippen LogP contribution in [0.1, 0.15) is 55.6 Å². The summed E-state index contributed by atoms with van der Waals surface area (Å²) >= 11 is 0. The molecule has 0 radical (unpaired) electrons. The minimum Gasteiger partial charge on any atom is -0.330 e. The van der Waals surface area contributed by atoms with Crippen LogP contribution in [0.4, 0.5) is 0 Å². The summed E-state index contributed by atoms with van der Waals surface area (Å²) in [6, 6.07) is 8.92. The number of rotatable bonds is 3. The molecule has 1 unspecified atom stereocenters. The largest absolute Gasteiger partial charge is 0.330 e. The molecular formula is C16H25N. The number of nitrogens with two attached hydrogens (primary N) is 1. The molecule has 1 fully saturated rings. The average Bonchev–Trinajstić information content (AvgIpc) is 2.59. The van der Waals surface area contributed by atoms with Gasteiger partial charge >= 0.3 is 0 Å². The van der Waals surface area contributed by atoms with Crippen molar-refractivity contribution in [3.05, 3.63) is 35.4 Å². The summed E-state index contributed by atoms with van der Waals surface area (Å²) in [6.07, 6.45) is 8.37. The van der Waals surface area contributed by atoms with Crippen molar-refractivity contribution in [2.75, 3.05) is 6.54 Å². The van der Waals surface area contributed by atoms with Gasteiger partial charge in [0, 0.05) is 0 Å². The molecule has 0 bridgehead atoms. The quantitative estimate of drug-likeness (QED) is 0.782. The fraction of sp³-hybridized carbons (Fsp3) is 0.625. The lowest BCUT2D eigenvalue weighted by molar-refractivity contribution is 0.380. The number of hydrogen-bond acceptors (Lipinski definition) is 1. The standard InChI is InChI=1S/C16H25N/c1-13-7-6-10-15(11-13)16(12-17)14-8-4-2-3-5-9-14/h6-7,10-11,14,16H,2-5,8-9,12,17H2,1H3. The fourth-order valence-electron chi connectivity index (χ4n) is 3.21. The molecule has 2 rings (SSSR count). The molecule has 94 valence electrons. The van der Waals surface area contributed by atoms with Crippen molar-refractivity contribution < 1.29 is 0 Å². The molecule has 17 heavy (non-hydrogen) atoms. The number of benzene rings is 1. The van der Waals surface area contributed by atoms with E-state index in [1.54, 1.807) is 0 Å². The van der Waals surface area contributed by atoms with Crippen LogP contribution in [0.25, 0.3) is 0 Å². The highest BCUT2D eigenvalue weighted by Crippen LogP contribution is 2.34. The first-order valence-electron chi connectivity index (χ1n) is 7.08. The molecule has 0 aliphatic heterocycles. The fourth-order valence-corrected chi connectivity index (χ4v) is 3.21. The third-order valence-corrected chi connectivity index (χ3v) is 4.19. The van der Waals surface area contributed by atoms with E-state index in [2.05, 4.69) is 31.2 Å². The molecule has 0 amide bonds. The Labute approximate surface area is 105 Å². The Hall–Kier alpha value is -0.820. The zero-order chi connectivity index (χ0) is 12.1. The molecule has 2 N–H and O–H groups in total. The molecule has 1 aromatic rings. The van der Waals surface area contributed by atoms with E-state index in [0.29, 0.717) is 5.92 Å². The second kappa shape index (κ2) is 6.20. The van der Waals surface area contributed by atoms with Crippen molar-refractivity contribution in [1.82, 2.24) is 0 Å². The lowest BCUT2D eigenvalue weighted by Gasteiger charge is -2.25. The van der Waals surface area contributed by atoms with Crippen molar-refractivity contribution in [1.29, 1.82) is 0 Å². The van der Waals surface area contributed by atoms with Crippen LogP contribution in [-0.4, -0.2) is 6.54 Å². The lowest BCUT2D eigenvalue weighted by atomic mass is 9.81. The molecule has 0 heterocycles. The second-order valence-electron chi connectivity index (χ2n) is 5.51. The topological polar surface area (TPSA) is 26.0 Å². The maximum atomic E-state index is 6.04. The summed E-state index contributed by atoms with van der Waals surface area (Å²) in [4.78, 5) is 0. The van der Waals surface area contributed by atoms with Crippen molar-refractivity contribution in [3.8, 4) is 0 Å². The van der Waals surface area contributed by atoms with Gasteiger partial charge in [-0.2, -0.15) is 0 Å². The van der Waals surface area contributed by atoms with Gasteiger partial charge in [-0.1, -0.05) is 55.5 Å². The summed E-state index contributed by atoms with van der Waals surface area (Å²) < 4.78 is 0. The van der Waals surface area contributed by atoms with Gasteiger partial charge in [0.25, 0.3) is 0 Å². The van der Waals surface area contributed by atoms with Crippen molar-refractivity contribution in [2.24, 2.45) is 11.7 Å². The Morgan fingerprint density at radius 2 is 1.88 bits per heavy atom. The van der Waals surface area contributed by atoms with E-state index in [1.807, 2.05) is 0 Å². The maximum absolute atomic E-state index is 6.04. The number of aryl methyl sites for hydroxylation is 1. The predicted octanol–water partition coefficient (Wildman–Crippen LogP) is 4.01. The average molecular weight is 231 g/mol. The molecule has 0 spiro atoms. The van der Waals surface area contributed by atoms with Crippen molar-refractivity contribution in [2.45, 2.75) is 51.4 Å². The third kappa shape index (κ3) is 3.32. The van der Waals surface area contributed by atoms with Gasteiger partial charge in [0.2, 0.25) is 0 Å². The van der Waals surface area contributed by atoms with Crippen LogP contribution in [0.5, 0.6) is 0 Å². The molecule has 1 nitrogen and oxygen atoms in total. The van der Waals surface area contributed by atoms with Gasteiger partial charge in [0.15, 0.2) is 0 Å². The zero-order valence-corrected chi connectivity index (χ0v) is 11.0. The highest BCUT2D eigenvalue weighted by Gasteiger charge is 2.22.